The van der Waals surface area contributed by atoms with E-state index in [2.05, 4.69) is 5.10 Å². The van der Waals surface area contributed by atoms with Crippen LogP contribution in [-0.4, -0.2) is 14.8 Å². The maximum atomic E-state index is 11.7. The standard InChI is InChI=1S/C12H10ClN3OS/c1-7-5-10(17)11(12(14)18)15-16(7)9-4-2-3-8(13)6-9/h2-6H,1H3,(H2,14,18). The second-order valence-corrected chi connectivity index (χ2v) is 4.63. The highest BCUT2D eigenvalue weighted by Crippen LogP contribution is 2.14. The van der Waals surface area contributed by atoms with Crippen LogP contribution in [0.3, 0.4) is 0 Å². The second-order valence-electron chi connectivity index (χ2n) is 3.75. The third-order valence-corrected chi connectivity index (χ3v) is 2.82. The summed E-state index contributed by atoms with van der Waals surface area (Å²) in [5.41, 5.74) is 6.70. The lowest BCUT2D eigenvalue weighted by Gasteiger charge is -2.10. The first-order valence-electron chi connectivity index (χ1n) is 5.16. The molecule has 0 radical (unpaired) electrons. The van der Waals surface area contributed by atoms with E-state index in [9.17, 15) is 4.79 Å². The minimum atomic E-state index is -0.279. The van der Waals surface area contributed by atoms with Gasteiger partial charge in [0.15, 0.2) is 5.69 Å². The van der Waals surface area contributed by atoms with Gasteiger partial charge in [-0.25, -0.2) is 4.68 Å². The molecular formula is C12H10ClN3OS. The van der Waals surface area contributed by atoms with Crippen molar-refractivity contribution in [3.05, 3.63) is 57.0 Å². The maximum Gasteiger partial charge on any atom is 0.210 e. The zero-order valence-electron chi connectivity index (χ0n) is 9.55. The number of nitrogens with zero attached hydrogens (tertiary/aromatic N) is 2. The predicted octanol–water partition coefficient (Wildman–Crippen LogP) is 1.83. The Balaban J connectivity index is 2.68. The van der Waals surface area contributed by atoms with Gasteiger partial charge in [0.05, 0.1) is 5.69 Å². The van der Waals surface area contributed by atoms with Crippen LogP contribution in [0.15, 0.2) is 35.1 Å². The summed E-state index contributed by atoms with van der Waals surface area (Å²) >= 11 is 10.7. The number of aromatic nitrogens is 2. The summed E-state index contributed by atoms with van der Waals surface area (Å²) in [5, 5.41) is 4.75. The van der Waals surface area contributed by atoms with Crippen molar-refractivity contribution in [1.82, 2.24) is 9.78 Å². The number of hydrogen-bond donors (Lipinski definition) is 1. The van der Waals surface area contributed by atoms with Crippen molar-refractivity contribution in [3.63, 3.8) is 0 Å². The highest BCUT2D eigenvalue weighted by atomic mass is 35.5. The first-order chi connectivity index (χ1) is 8.49. The van der Waals surface area contributed by atoms with Crippen LogP contribution in [0.25, 0.3) is 5.69 Å². The van der Waals surface area contributed by atoms with Crippen LogP contribution in [0.2, 0.25) is 5.02 Å². The summed E-state index contributed by atoms with van der Waals surface area (Å²) in [6, 6.07) is 8.59. The van der Waals surface area contributed by atoms with Gasteiger partial charge in [-0.15, -0.1) is 0 Å². The Bertz CT molecular complexity index is 681. The second kappa shape index (κ2) is 4.88. The van der Waals surface area contributed by atoms with E-state index in [-0.39, 0.29) is 16.1 Å². The molecular weight excluding hydrogens is 270 g/mol. The van der Waals surface area contributed by atoms with Gasteiger partial charge in [-0.2, -0.15) is 5.10 Å². The molecule has 92 valence electrons. The lowest BCUT2D eigenvalue weighted by atomic mass is 10.3. The van der Waals surface area contributed by atoms with Crippen LogP contribution < -0.4 is 11.2 Å². The van der Waals surface area contributed by atoms with Gasteiger partial charge in [-0.3, -0.25) is 4.79 Å². The van der Waals surface area contributed by atoms with Gasteiger partial charge < -0.3 is 5.73 Å². The third kappa shape index (κ3) is 2.42. The van der Waals surface area contributed by atoms with Crippen LogP contribution >= 0.6 is 23.8 Å². The Morgan fingerprint density at radius 2 is 2.17 bits per heavy atom. The quantitative estimate of drug-likeness (QED) is 0.852. The lowest BCUT2D eigenvalue weighted by molar-refractivity contribution is 0.794. The Morgan fingerprint density at radius 3 is 2.78 bits per heavy atom. The number of hydrogen-bond acceptors (Lipinski definition) is 3. The fourth-order valence-corrected chi connectivity index (χ4v) is 1.91. The highest BCUT2D eigenvalue weighted by molar-refractivity contribution is 7.80. The molecule has 2 rings (SSSR count). The summed E-state index contributed by atoms with van der Waals surface area (Å²) in [7, 11) is 0. The molecule has 1 heterocycles. The van der Waals surface area contributed by atoms with Crippen LogP contribution in [-0.2, 0) is 0 Å². The Morgan fingerprint density at radius 1 is 1.44 bits per heavy atom. The molecule has 0 saturated carbocycles. The zero-order valence-corrected chi connectivity index (χ0v) is 11.1. The first kappa shape index (κ1) is 12.7. The highest BCUT2D eigenvalue weighted by Gasteiger charge is 2.09. The van der Waals surface area contributed by atoms with Crippen molar-refractivity contribution in [2.45, 2.75) is 6.92 Å². The molecule has 0 saturated heterocycles. The van der Waals surface area contributed by atoms with Crippen LogP contribution in [0, 0.1) is 6.92 Å². The van der Waals surface area contributed by atoms with E-state index < -0.39 is 0 Å². The number of halogens is 1. The normalized spacial score (nSPS) is 10.3. The van der Waals surface area contributed by atoms with Crippen molar-refractivity contribution in [1.29, 1.82) is 0 Å². The van der Waals surface area contributed by atoms with Crippen LogP contribution in [0.5, 0.6) is 0 Å². The summed E-state index contributed by atoms with van der Waals surface area (Å²) < 4.78 is 1.59. The van der Waals surface area contributed by atoms with E-state index >= 15 is 0 Å². The van der Waals surface area contributed by atoms with Crippen LogP contribution in [0.4, 0.5) is 0 Å². The summed E-state index contributed by atoms with van der Waals surface area (Å²) in [6.45, 7) is 1.78. The average Bonchev–Trinajstić information content (AvgIpc) is 2.28. The number of nitrogens with two attached hydrogens (primary N) is 1. The van der Waals surface area contributed by atoms with Crippen molar-refractivity contribution in [2.75, 3.05) is 0 Å². The molecule has 0 unspecified atom stereocenters. The van der Waals surface area contributed by atoms with Gasteiger partial charge in [0.2, 0.25) is 5.43 Å². The molecule has 0 fully saturated rings. The van der Waals surface area contributed by atoms with Gasteiger partial charge >= 0.3 is 0 Å². The first-order valence-corrected chi connectivity index (χ1v) is 5.94. The van der Waals surface area contributed by atoms with E-state index in [1.54, 1.807) is 29.8 Å². The monoisotopic (exact) mass is 279 g/mol. The lowest BCUT2D eigenvalue weighted by Crippen LogP contribution is -2.26. The molecule has 0 bridgehead atoms. The summed E-state index contributed by atoms with van der Waals surface area (Å²) in [4.78, 5) is 11.6. The molecule has 6 heteroatoms. The molecule has 0 aliphatic heterocycles. The molecule has 1 aromatic heterocycles. The Kier molecular flexibility index (Phi) is 3.45. The van der Waals surface area contributed by atoms with E-state index in [0.29, 0.717) is 10.7 Å². The van der Waals surface area contributed by atoms with Gasteiger partial charge in [-0.1, -0.05) is 29.9 Å². The van der Waals surface area contributed by atoms with Crippen molar-refractivity contribution in [3.8, 4) is 5.69 Å². The molecule has 0 atom stereocenters. The topological polar surface area (TPSA) is 60.9 Å². The van der Waals surface area contributed by atoms with Crippen molar-refractivity contribution >= 4 is 28.8 Å². The van der Waals surface area contributed by atoms with Gasteiger partial charge in [-0.05, 0) is 25.1 Å². The third-order valence-electron chi connectivity index (χ3n) is 2.39. The summed E-state index contributed by atoms with van der Waals surface area (Å²) in [6.07, 6.45) is 0. The summed E-state index contributed by atoms with van der Waals surface area (Å²) in [5.74, 6) is 0. The number of aryl methyl sites for hydroxylation is 1. The minimum absolute atomic E-state index is 0.0178. The molecule has 4 nitrogen and oxygen atoms in total. The van der Waals surface area contributed by atoms with Gasteiger partial charge in [0.25, 0.3) is 0 Å². The van der Waals surface area contributed by atoms with Crippen molar-refractivity contribution in [2.24, 2.45) is 5.73 Å². The van der Waals surface area contributed by atoms with Gasteiger partial charge in [0, 0.05) is 16.8 Å². The van der Waals surface area contributed by atoms with Crippen LogP contribution in [0.1, 0.15) is 11.4 Å². The molecule has 18 heavy (non-hydrogen) atoms. The average molecular weight is 280 g/mol. The molecule has 0 aliphatic rings. The van der Waals surface area contributed by atoms with E-state index in [0.717, 1.165) is 5.69 Å². The van der Waals surface area contributed by atoms with Gasteiger partial charge in [0.1, 0.15) is 4.99 Å². The number of benzene rings is 1. The number of thiocarbonyl (C=S) groups is 1. The largest absolute Gasteiger partial charge is 0.388 e. The minimum Gasteiger partial charge on any atom is -0.388 e. The maximum absolute atomic E-state index is 11.7. The zero-order chi connectivity index (χ0) is 13.3. The van der Waals surface area contributed by atoms with E-state index in [1.165, 1.54) is 6.07 Å². The fraction of sp³-hybridized carbons (Fsp3) is 0.0833. The Hall–Kier alpha value is -1.72. The molecule has 0 aliphatic carbocycles. The van der Waals surface area contributed by atoms with E-state index in [4.69, 9.17) is 29.6 Å². The van der Waals surface area contributed by atoms with E-state index in [1.807, 2.05) is 6.07 Å². The molecule has 0 amide bonds. The molecule has 2 N–H and O–H groups in total. The fourth-order valence-electron chi connectivity index (χ4n) is 1.59. The number of rotatable bonds is 2. The predicted molar refractivity (Wildman–Crippen MR) is 75.5 cm³/mol. The Labute approximate surface area is 114 Å². The molecule has 0 spiro atoms. The molecule has 2 aromatic rings. The SMILES string of the molecule is Cc1cc(=O)c(C(N)=S)nn1-c1cccc(Cl)c1. The smallest absolute Gasteiger partial charge is 0.210 e. The molecule has 1 aromatic carbocycles. The van der Waals surface area contributed by atoms with Crippen molar-refractivity contribution < 1.29 is 0 Å².